The van der Waals surface area contributed by atoms with Crippen LogP contribution in [0.25, 0.3) is 0 Å². The van der Waals surface area contributed by atoms with E-state index in [1.807, 2.05) is 4.90 Å². The summed E-state index contributed by atoms with van der Waals surface area (Å²) >= 11 is 0. The minimum atomic E-state index is -1.03. The van der Waals surface area contributed by atoms with Gasteiger partial charge in [-0.1, -0.05) is 38.2 Å². The van der Waals surface area contributed by atoms with Crippen LogP contribution in [0.2, 0.25) is 0 Å². The Morgan fingerprint density at radius 2 is 1.89 bits per heavy atom. The third-order valence-corrected chi connectivity index (χ3v) is 7.49. The molecule has 2 atom stereocenters. The summed E-state index contributed by atoms with van der Waals surface area (Å²) in [5.41, 5.74) is 2.10. The van der Waals surface area contributed by atoms with Crippen molar-refractivity contribution in [3.63, 3.8) is 0 Å². The van der Waals surface area contributed by atoms with Gasteiger partial charge in [-0.05, 0) is 60.7 Å². The molecule has 2 aromatic carbocycles. The van der Waals surface area contributed by atoms with E-state index in [1.54, 1.807) is 30.3 Å². The molecular formula is C29H36FN3O5. The number of benzene rings is 2. The van der Waals surface area contributed by atoms with Crippen LogP contribution in [0, 0.1) is 11.7 Å². The van der Waals surface area contributed by atoms with E-state index in [0.717, 1.165) is 36.9 Å². The zero-order valence-corrected chi connectivity index (χ0v) is 21.7. The topological polar surface area (TPSA) is 108 Å². The molecule has 4 rings (SSSR count). The summed E-state index contributed by atoms with van der Waals surface area (Å²) in [6.07, 6.45) is 6.24. The number of fused-ring (bicyclic) bond motifs is 1. The van der Waals surface area contributed by atoms with E-state index in [9.17, 15) is 23.9 Å². The molecule has 0 saturated heterocycles. The minimum absolute atomic E-state index is 0.265. The second kappa shape index (κ2) is 12.8. The van der Waals surface area contributed by atoms with Gasteiger partial charge in [0.25, 0.3) is 5.91 Å². The number of nitrogens with one attached hydrogen (secondary N) is 2. The molecule has 1 aliphatic carbocycles. The molecule has 2 aliphatic rings. The second-order valence-corrected chi connectivity index (χ2v) is 10.3. The van der Waals surface area contributed by atoms with Crippen molar-refractivity contribution in [3.8, 4) is 5.75 Å². The number of hydrogen-bond donors (Lipinski definition) is 3. The molecule has 2 amide bonds. The van der Waals surface area contributed by atoms with Crippen molar-refractivity contribution in [2.75, 3.05) is 25.1 Å². The zero-order valence-electron chi connectivity index (χ0n) is 21.7. The number of methoxy groups -OCH3 is 1. The summed E-state index contributed by atoms with van der Waals surface area (Å²) < 4.78 is 18.9. The maximum atomic E-state index is 13.7. The van der Waals surface area contributed by atoms with Crippen LogP contribution in [0.15, 0.2) is 42.5 Å². The van der Waals surface area contributed by atoms with E-state index < -0.39 is 24.0 Å². The summed E-state index contributed by atoms with van der Waals surface area (Å²) in [6, 6.07) is 9.82. The lowest BCUT2D eigenvalue weighted by atomic mass is 9.84. The summed E-state index contributed by atoms with van der Waals surface area (Å²) in [5, 5.41) is 15.4. The lowest BCUT2D eigenvalue weighted by Crippen LogP contribution is -2.53. The number of anilines is 1. The van der Waals surface area contributed by atoms with Gasteiger partial charge in [0.15, 0.2) is 0 Å². The van der Waals surface area contributed by atoms with Gasteiger partial charge in [0.2, 0.25) is 5.91 Å². The fourth-order valence-corrected chi connectivity index (χ4v) is 5.56. The molecule has 38 heavy (non-hydrogen) atoms. The van der Waals surface area contributed by atoms with E-state index in [4.69, 9.17) is 4.74 Å². The Labute approximate surface area is 222 Å². The monoisotopic (exact) mass is 525 g/mol. The molecule has 0 spiro atoms. The molecule has 0 unspecified atom stereocenters. The Morgan fingerprint density at radius 1 is 1.11 bits per heavy atom. The maximum Gasteiger partial charge on any atom is 0.305 e. The van der Waals surface area contributed by atoms with Crippen molar-refractivity contribution in [3.05, 3.63) is 59.4 Å². The Balaban J connectivity index is 1.49. The fourth-order valence-electron chi connectivity index (χ4n) is 5.56. The lowest BCUT2D eigenvalue weighted by molar-refractivity contribution is -0.137. The quantitative estimate of drug-likeness (QED) is 0.410. The SMILES string of the molecule is COc1cccc(C(=O)N[C@@H](CC2CCCCC2)C(=O)N[C@@H](CC(=O)O)CN2CCc3cc(F)ccc32)c1. The van der Waals surface area contributed by atoms with Crippen molar-refractivity contribution in [1.29, 1.82) is 0 Å². The number of aliphatic carboxylic acids is 1. The number of carbonyl (C=O) groups excluding carboxylic acids is 2. The van der Waals surface area contributed by atoms with Gasteiger partial charge in [0.05, 0.1) is 19.6 Å². The number of hydrogen-bond acceptors (Lipinski definition) is 5. The highest BCUT2D eigenvalue weighted by Gasteiger charge is 2.30. The molecule has 0 radical (unpaired) electrons. The van der Waals surface area contributed by atoms with Crippen LogP contribution in [0.3, 0.4) is 0 Å². The van der Waals surface area contributed by atoms with Gasteiger partial charge in [0, 0.05) is 24.3 Å². The fraction of sp³-hybridized carbons (Fsp3) is 0.483. The predicted molar refractivity (Wildman–Crippen MR) is 142 cm³/mol. The van der Waals surface area contributed by atoms with Crippen LogP contribution < -0.4 is 20.3 Å². The molecule has 2 aromatic rings. The molecule has 204 valence electrons. The van der Waals surface area contributed by atoms with Gasteiger partial charge in [0.1, 0.15) is 17.6 Å². The van der Waals surface area contributed by atoms with E-state index in [-0.39, 0.29) is 24.7 Å². The van der Waals surface area contributed by atoms with E-state index in [1.165, 1.54) is 25.7 Å². The summed E-state index contributed by atoms with van der Waals surface area (Å²) in [4.78, 5) is 40.3. The van der Waals surface area contributed by atoms with Gasteiger partial charge in [-0.15, -0.1) is 0 Å². The Kier molecular flexibility index (Phi) is 9.20. The number of carboxylic acid groups (broad SMARTS) is 1. The third kappa shape index (κ3) is 7.24. The van der Waals surface area contributed by atoms with E-state index >= 15 is 0 Å². The molecule has 0 aromatic heterocycles. The normalized spacial score (nSPS) is 16.8. The maximum absolute atomic E-state index is 13.7. The smallest absolute Gasteiger partial charge is 0.305 e. The van der Waals surface area contributed by atoms with Crippen molar-refractivity contribution in [2.45, 2.75) is 63.5 Å². The average molecular weight is 526 g/mol. The van der Waals surface area contributed by atoms with E-state index in [0.29, 0.717) is 36.6 Å². The molecular weight excluding hydrogens is 489 g/mol. The van der Waals surface area contributed by atoms with E-state index in [2.05, 4.69) is 10.6 Å². The number of nitrogens with zero attached hydrogens (tertiary/aromatic N) is 1. The highest BCUT2D eigenvalue weighted by molar-refractivity contribution is 5.98. The lowest BCUT2D eigenvalue weighted by Gasteiger charge is -2.30. The zero-order chi connectivity index (χ0) is 27.1. The largest absolute Gasteiger partial charge is 0.497 e. The number of amides is 2. The van der Waals surface area contributed by atoms with Gasteiger partial charge < -0.3 is 25.4 Å². The number of carbonyl (C=O) groups is 3. The highest BCUT2D eigenvalue weighted by Crippen LogP contribution is 2.29. The van der Waals surface area contributed by atoms with Crippen LogP contribution in [0.1, 0.15) is 60.9 Å². The van der Waals surface area contributed by atoms with Gasteiger partial charge in [-0.2, -0.15) is 0 Å². The van der Waals surface area contributed by atoms with Crippen LogP contribution in [-0.2, 0) is 16.0 Å². The molecule has 1 aliphatic heterocycles. The molecule has 8 nitrogen and oxygen atoms in total. The van der Waals surface area contributed by atoms with Crippen LogP contribution in [0.4, 0.5) is 10.1 Å². The second-order valence-electron chi connectivity index (χ2n) is 10.3. The summed E-state index contributed by atoms with van der Waals surface area (Å²) in [5.74, 6) is -1.26. The number of rotatable bonds is 11. The highest BCUT2D eigenvalue weighted by atomic mass is 19.1. The molecule has 0 bridgehead atoms. The molecule has 9 heteroatoms. The van der Waals surface area contributed by atoms with Gasteiger partial charge in [-0.3, -0.25) is 14.4 Å². The van der Waals surface area contributed by atoms with Crippen LogP contribution in [0.5, 0.6) is 5.75 Å². The first-order chi connectivity index (χ1) is 18.3. The Hall–Kier alpha value is -3.62. The molecule has 1 saturated carbocycles. The Morgan fingerprint density at radius 3 is 2.63 bits per heavy atom. The molecule has 3 N–H and O–H groups in total. The van der Waals surface area contributed by atoms with Crippen LogP contribution >= 0.6 is 0 Å². The first-order valence-electron chi connectivity index (χ1n) is 13.3. The Bertz CT molecular complexity index is 1150. The first-order valence-corrected chi connectivity index (χ1v) is 13.3. The van der Waals surface area contributed by atoms with Crippen LogP contribution in [-0.4, -0.2) is 55.2 Å². The third-order valence-electron chi connectivity index (χ3n) is 7.49. The average Bonchev–Trinajstić information content (AvgIpc) is 3.29. The van der Waals surface area contributed by atoms with Gasteiger partial charge in [-0.25, -0.2) is 4.39 Å². The van der Waals surface area contributed by atoms with Gasteiger partial charge >= 0.3 is 5.97 Å². The molecule has 1 heterocycles. The van der Waals surface area contributed by atoms with Crippen molar-refractivity contribution in [1.82, 2.24) is 10.6 Å². The van der Waals surface area contributed by atoms with Crippen molar-refractivity contribution >= 4 is 23.5 Å². The van der Waals surface area contributed by atoms with Crippen molar-refractivity contribution in [2.24, 2.45) is 5.92 Å². The summed E-state index contributed by atoms with van der Waals surface area (Å²) in [7, 11) is 1.52. The number of ether oxygens (including phenoxy) is 1. The standard InChI is InChI=1S/C29H36FN3O5/c1-38-24-9-5-8-21(16-24)28(36)32-25(14-19-6-3-2-4-7-19)29(37)31-23(17-27(34)35)18-33-13-12-20-15-22(30)10-11-26(20)33/h5,8-11,15-16,19,23,25H,2-4,6-7,12-14,17-18H2,1H3,(H,31,37)(H,32,36)(H,34,35)/t23-,25-/m0/s1. The minimum Gasteiger partial charge on any atom is -0.497 e. The summed E-state index contributed by atoms with van der Waals surface area (Å²) in [6.45, 7) is 0.888. The number of halogens is 1. The first kappa shape index (κ1) is 27.4. The predicted octanol–water partition coefficient (Wildman–Crippen LogP) is 3.93. The van der Waals surface area contributed by atoms with Crippen molar-refractivity contribution < 1.29 is 28.6 Å². The number of carboxylic acids is 1. The molecule has 1 fully saturated rings.